The van der Waals surface area contributed by atoms with E-state index in [1.165, 1.54) is 16.6 Å². The fraction of sp³-hybridized carbons (Fsp3) is 0.381. The van der Waals surface area contributed by atoms with Crippen LogP contribution in [0.5, 0.6) is 0 Å². The number of fused-ring (bicyclic) bond motifs is 1. The predicted molar refractivity (Wildman–Crippen MR) is 106 cm³/mol. The molecule has 0 spiro atoms. The Morgan fingerprint density at radius 1 is 1.12 bits per heavy atom. The van der Waals surface area contributed by atoms with Gasteiger partial charge in [0.2, 0.25) is 0 Å². The Morgan fingerprint density at radius 2 is 1.88 bits per heavy atom. The summed E-state index contributed by atoms with van der Waals surface area (Å²) in [5.41, 5.74) is 4.87. The van der Waals surface area contributed by atoms with E-state index in [-0.39, 0.29) is 5.38 Å². The van der Waals surface area contributed by atoms with Crippen molar-refractivity contribution in [3.63, 3.8) is 0 Å². The summed E-state index contributed by atoms with van der Waals surface area (Å²) in [7, 11) is 2.18. The first-order valence-electron chi connectivity index (χ1n) is 8.88. The molecular formula is C21H26ClN3. The van der Waals surface area contributed by atoms with Gasteiger partial charge in [0.25, 0.3) is 0 Å². The number of hydrogen-bond donors (Lipinski definition) is 0. The fourth-order valence-corrected chi connectivity index (χ4v) is 3.55. The summed E-state index contributed by atoms with van der Waals surface area (Å²) < 4.78 is 2.30. The number of nitrogens with zero attached hydrogens (tertiary/aromatic N) is 3. The molecule has 1 aromatic heterocycles. The molecule has 0 aliphatic carbocycles. The van der Waals surface area contributed by atoms with Gasteiger partial charge >= 0.3 is 0 Å². The van der Waals surface area contributed by atoms with E-state index >= 15 is 0 Å². The lowest BCUT2D eigenvalue weighted by molar-refractivity contribution is 0.314. The number of benzene rings is 2. The van der Waals surface area contributed by atoms with Gasteiger partial charge in [0, 0.05) is 13.1 Å². The molecule has 0 bridgehead atoms. The molecule has 0 amide bonds. The highest BCUT2D eigenvalue weighted by Crippen LogP contribution is 2.26. The average Bonchev–Trinajstić information content (AvgIpc) is 2.96. The normalized spacial score (nSPS) is 12.8. The van der Waals surface area contributed by atoms with E-state index in [1.54, 1.807) is 0 Å². The van der Waals surface area contributed by atoms with Gasteiger partial charge in [-0.05, 0) is 51.1 Å². The summed E-state index contributed by atoms with van der Waals surface area (Å²) in [6.45, 7) is 7.09. The lowest BCUT2D eigenvalue weighted by Crippen LogP contribution is -2.20. The minimum atomic E-state index is -0.0890. The Kier molecular flexibility index (Phi) is 5.77. The first kappa shape index (κ1) is 18.0. The minimum Gasteiger partial charge on any atom is -0.326 e. The molecular weight excluding hydrogens is 330 g/mol. The van der Waals surface area contributed by atoms with Crippen LogP contribution in [0.1, 0.15) is 35.7 Å². The quantitative estimate of drug-likeness (QED) is 0.545. The summed E-state index contributed by atoms with van der Waals surface area (Å²) in [5, 5.41) is -0.0890. The van der Waals surface area contributed by atoms with Crippen molar-refractivity contribution in [2.75, 3.05) is 13.6 Å². The molecule has 25 heavy (non-hydrogen) atoms. The van der Waals surface area contributed by atoms with Gasteiger partial charge in [-0.3, -0.25) is 0 Å². The van der Waals surface area contributed by atoms with Crippen molar-refractivity contribution in [2.24, 2.45) is 0 Å². The van der Waals surface area contributed by atoms with E-state index in [9.17, 15) is 0 Å². The molecule has 0 N–H and O–H groups in total. The molecule has 3 aromatic rings. The lowest BCUT2D eigenvalue weighted by Gasteiger charge is -2.18. The molecule has 1 heterocycles. The van der Waals surface area contributed by atoms with Gasteiger partial charge < -0.3 is 9.47 Å². The smallest absolute Gasteiger partial charge is 0.127 e. The van der Waals surface area contributed by atoms with Gasteiger partial charge in [-0.25, -0.2) is 4.98 Å². The molecule has 1 atom stereocenters. The predicted octanol–water partition coefficient (Wildman–Crippen LogP) is 5.17. The largest absolute Gasteiger partial charge is 0.326 e. The molecule has 0 aliphatic rings. The minimum absolute atomic E-state index is 0.0890. The summed E-state index contributed by atoms with van der Waals surface area (Å²) >= 11 is 6.39. The Morgan fingerprint density at radius 3 is 2.60 bits per heavy atom. The molecule has 3 nitrogen and oxygen atoms in total. The van der Waals surface area contributed by atoms with E-state index in [2.05, 4.69) is 72.0 Å². The van der Waals surface area contributed by atoms with E-state index in [0.29, 0.717) is 0 Å². The van der Waals surface area contributed by atoms with Gasteiger partial charge in [0.05, 0.1) is 16.4 Å². The number of rotatable bonds is 7. The molecule has 1 unspecified atom stereocenters. The molecule has 0 radical (unpaired) electrons. The van der Waals surface area contributed by atoms with Crippen molar-refractivity contribution in [1.29, 1.82) is 0 Å². The maximum Gasteiger partial charge on any atom is 0.127 e. The van der Waals surface area contributed by atoms with Crippen molar-refractivity contribution in [2.45, 2.75) is 38.7 Å². The molecule has 0 aliphatic heterocycles. The zero-order valence-electron chi connectivity index (χ0n) is 15.2. The highest BCUT2D eigenvalue weighted by Gasteiger charge is 2.16. The third kappa shape index (κ3) is 4.23. The van der Waals surface area contributed by atoms with Crippen LogP contribution < -0.4 is 0 Å². The second-order valence-electron chi connectivity index (χ2n) is 6.76. The van der Waals surface area contributed by atoms with Crippen LogP contribution in [0.15, 0.2) is 48.5 Å². The van der Waals surface area contributed by atoms with Crippen LogP contribution >= 0.6 is 11.6 Å². The third-order valence-corrected chi connectivity index (χ3v) is 4.77. The molecule has 0 saturated heterocycles. The van der Waals surface area contributed by atoms with Gasteiger partial charge in [-0.15, -0.1) is 11.6 Å². The first-order valence-corrected chi connectivity index (χ1v) is 9.32. The topological polar surface area (TPSA) is 21.1 Å². The van der Waals surface area contributed by atoms with Crippen LogP contribution in [0, 0.1) is 6.92 Å². The third-order valence-electron chi connectivity index (χ3n) is 4.57. The van der Waals surface area contributed by atoms with Crippen molar-refractivity contribution >= 4 is 22.6 Å². The summed E-state index contributed by atoms with van der Waals surface area (Å²) in [5.74, 6) is 0.969. The highest BCUT2D eigenvalue weighted by molar-refractivity contribution is 6.20. The van der Waals surface area contributed by atoms with Crippen LogP contribution in [0.4, 0.5) is 0 Å². The van der Waals surface area contributed by atoms with Gasteiger partial charge in [0.1, 0.15) is 5.82 Å². The van der Waals surface area contributed by atoms with E-state index < -0.39 is 0 Å². The lowest BCUT2D eigenvalue weighted by atomic mass is 10.2. The summed E-state index contributed by atoms with van der Waals surface area (Å²) in [4.78, 5) is 7.12. The Hall–Kier alpha value is -1.84. The highest BCUT2D eigenvalue weighted by atomic mass is 35.5. The van der Waals surface area contributed by atoms with Crippen molar-refractivity contribution in [1.82, 2.24) is 14.5 Å². The average molecular weight is 356 g/mol. The van der Waals surface area contributed by atoms with E-state index in [1.807, 2.05) is 6.92 Å². The van der Waals surface area contributed by atoms with Crippen LogP contribution in [0.25, 0.3) is 11.0 Å². The van der Waals surface area contributed by atoms with Crippen LogP contribution in [-0.4, -0.2) is 28.0 Å². The maximum atomic E-state index is 6.39. The number of alkyl halides is 1. The Balaban J connectivity index is 1.69. The zero-order valence-corrected chi connectivity index (χ0v) is 16.0. The molecule has 2 aromatic carbocycles. The number of para-hydroxylation sites is 1. The number of imidazole rings is 1. The number of aromatic nitrogens is 2. The Bertz CT molecular complexity index is 824. The second kappa shape index (κ2) is 8.03. The Labute approximate surface area is 155 Å². The van der Waals surface area contributed by atoms with Gasteiger partial charge in [-0.2, -0.15) is 0 Å². The number of halogens is 1. The summed E-state index contributed by atoms with van der Waals surface area (Å²) in [6.07, 6.45) is 1.07. The SMILES string of the molecule is Cc1cccc2nc(C(C)Cl)n(CCCN(C)Cc3ccccc3)c12. The van der Waals surface area contributed by atoms with E-state index in [4.69, 9.17) is 16.6 Å². The summed E-state index contributed by atoms with van der Waals surface area (Å²) in [6, 6.07) is 16.9. The molecule has 132 valence electrons. The van der Waals surface area contributed by atoms with Crippen molar-refractivity contribution in [3.05, 3.63) is 65.5 Å². The zero-order chi connectivity index (χ0) is 17.8. The van der Waals surface area contributed by atoms with Crippen LogP contribution in [0.2, 0.25) is 0 Å². The van der Waals surface area contributed by atoms with Crippen LogP contribution in [0.3, 0.4) is 0 Å². The second-order valence-corrected chi connectivity index (χ2v) is 7.41. The monoisotopic (exact) mass is 355 g/mol. The molecule has 0 fully saturated rings. The van der Waals surface area contributed by atoms with Crippen molar-refractivity contribution < 1.29 is 0 Å². The standard InChI is InChI=1S/C21H26ClN3/c1-16-9-7-12-19-20(16)25(21(23-19)17(2)22)14-8-13-24(3)15-18-10-5-4-6-11-18/h4-7,9-12,17H,8,13-15H2,1-3H3. The number of hydrogen-bond acceptors (Lipinski definition) is 2. The molecule has 4 heteroatoms. The van der Waals surface area contributed by atoms with Crippen molar-refractivity contribution in [3.8, 4) is 0 Å². The fourth-order valence-electron chi connectivity index (χ4n) is 3.39. The van der Waals surface area contributed by atoms with E-state index in [0.717, 1.165) is 37.4 Å². The molecule has 3 rings (SSSR count). The van der Waals surface area contributed by atoms with Crippen LogP contribution in [-0.2, 0) is 13.1 Å². The first-order chi connectivity index (χ1) is 12.1. The number of aryl methyl sites for hydroxylation is 2. The van der Waals surface area contributed by atoms with Gasteiger partial charge in [0.15, 0.2) is 0 Å². The molecule has 0 saturated carbocycles. The maximum absolute atomic E-state index is 6.39. The van der Waals surface area contributed by atoms with Gasteiger partial charge in [-0.1, -0.05) is 42.5 Å².